The molecule has 7 heteroatoms. The first-order valence-corrected chi connectivity index (χ1v) is 9.42. The topological polar surface area (TPSA) is 63.1 Å². The van der Waals surface area contributed by atoms with Crippen LogP contribution in [0.1, 0.15) is 39.4 Å². The number of piperidine rings is 1. The van der Waals surface area contributed by atoms with Crippen molar-refractivity contribution in [3.8, 4) is 5.69 Å². The van der Waals surface area contributed by atoms with Gasteiger partial charge in [-0.25, -0.2) is 0 Å². The molecule has 1 aliphatic heterocycles. The number of benzene rings is 1. The van der Waals surface area contributed by atoms with Gasteiger partial charge < -0.3 is 10.2 Å². The summed E-state index contributed by atoms with van der Waals surface area (Å²) in [5.74, 6) is 1.78. The molecule has 1 saturated heterocycles. The number of halogens is 1. The third kappa shape index (κ3) is 3.70. The number of carbonyl (C=O) groups excluding carboxylic acids is 1. The number of aryl methyl sites for hydroxylation is 1. The molecule has 140 valence electrons. The maximum Gasteiger partial charge on any atom is 0.231 e. The molecule has 1 N–H and O–H groups in total. The maximum atomic E-state index is 12.5. The van der Waals surface area contributed by atoms with E-state index < -0.39 is 0 Å². The van der Waals surface area contributed by atoms with E-state index in [4.69, 9.17) is 11.6 Å². The summed E-state index contributed by atoms with van der Waals surface area (Å²) in [5.41, 5.74) is 0.652. The lowest BCUT2D eigenvalue weighted by Gasteiger charge is -2.39. The van der Waals surface area contributed by atoms with Gasteiger partial charge >= 0.3 is 0 Å². The Morgan fingerprint density at radius 3 is 2.38 bits per heavy atom. The Hall–Kier alpha value is -2.08. The smallest absolute Gasteiger partial charge is 0.231 e. The highest BCUT2D eigenvalue weighted by Gasteiger charge is 2.38. The molecule has 0 radical (unpaired) electrons. The predicted octanol–water partition coefficient (Wildman–Crippen LogP) is 3.36. The highest BCUT2D eigenvalue weighted by atomic mass is 35.5. The van der Waals surface area contributed by atoms with Crippen molar-refractivity contribution in [1.82, 2.24) is 20.1 Å². The molecule has 1 aromatic heterocycles. The molecule has 2 aromatic rings. The second kappa shape index (κ2) is 7.27. The fourth-order valence-electron chi connectivity index (χ4n) is 3.31. The van der Waals surface area contributed by atoms with Crippen LogP contribution < -0.4 is 10.2 Å². The number of rotatable bonds is 4. The molecule has 3 rings (SSSR count). The number of nitrogens with one attached hydrogen (secondary N) is 1. The van der Waals surface area contributed by atoms with Crippen molar-refractivity contribution < 1.29 is 4.79 Å². The average molecular weight is 376 g/mol. The van der Waals surface area contributed by atoms with Crippen LogP contribution in [0.15, 0.2) is 24.3 Å². The van der Waals surface area contributed by atoms with Crippen LogP contribution in [0, 0.1) is 12.3 Å². The predicted molar refractivity (Wildman–Crippen MR) is 104 cm³/mol. The lowest BCUT2D eigenvalue weighted by Crippen LogP contribution is -2.49. The lowest BCUT2D eigenvalue weighted by atomic mass is 9.79. The molecule has 1 aromatic carbocycles. The van der Waals surface area contributed by atoms with Gasteiger partial charge in [0.25, 0.3) is 0 Å². The zero-order valence-electron chi connectivity index (χ0n) is 15.8. The van der Waals surface area contributed by atoms with Gasteiger partial charge in [-0.3, -0.25) is 9.36 Å². The molecule has 26 heavy (non-hydrogen) atoms. The Kier molecular flexibility index (Phi) is 5.23. The van der Waals surface area contributed by atoms with Crippen LogP contribution in [0.5, 0.6) is 0 Å². The molecule has 0 unspecified atom stereocenters. The monoisotopic (exact) mass is 375 g/mol. The quantitative estimate of drug-likeness (QED) is 0.890. The van der Waals surface area contributed by atoms with E-state index >= 15 is 0 Å². The van der Waals surface area contributed by atoms with Gasteiger partial charge in [-0.15, -0.1) is 10.2 Å². The van der Waals surface area contributed by atoms with Crippen LogP contribution in [-0.4, -0.2) is 39.8 Å². The third-order valence-corrected chi connectivity index (χ3v) is 5.26. The average Bonchev–Trinajstić information content (AvgIpc) is 2.97. The molecule has 2 heterocycles. The van der Waals surface area contributed by atoms with E-state index in [-0.39, 0.29) is 17.4 Å². The van der Waals surface area contributed by atoms with E-state index in [9.17, 15) is 4.79 Å². The molecule has 0 bridgehead atoms. The van der Waals surface area contributed by atoms with Gasteiger partial charge in [0.05, 0.1) is 5.69 Å². The van der Waals surface area contributed by atoms with Crippen LogP contribution >= 0.6 is 11.6 Å². The highest BCUT2D eigenvalue weighted by molar-refractivity contribution is 6.30. The summed E-state index contributed by atoms with van der Waals surface area (Å²) in [7, 11) is 0. The van der Waals surface area contributed by atoms with Crippen LogP contribution in [0.3, 0.4) is 0 Å². The van der Waals surface area contributed by atoms with Crippen molar-refractivity contribution in [2.45, 2.75) is 46.6 Å². The van der Waals surface area contributed by atoms with Gasteiger partial charge in [-0.2, -0.15) is 0 Å². The summed E-state index contributed by atoms with van der Waals surface area (Å²) in [6.07, 6.45) is 1.58. The van der Waals surface area contributed by atoms with Gasteiger partial charge in [0.2, 0.25) is 11.9 Å². The molecular weight excluding hydrogens is 350 g/mol. The van der Waals surface area contributed by atoms with Gasteiger partial charge in [0, 0.05) is 29.6 Å². The Morgan fingerprint density at radius 1 is 1.19 bits per heavy atom. The van der Waals surface area contributed by atoms with E-state index in [0.717, 1.165) is 43.4 Å². The Bertz CT molecular complexity index is 776. The SMILES string of the molecule is Cc1nnc(N2CCC(C)(C(=O)NC(C)C)CC2)n1-c1ccc(Cl)cc1. The summed E-state index contributed by atoms with van der Waals surface area (Å²) in [6.45, 7) is 9.52. The first kappa shape index (κ1) is 18.7. The number of nitrogens with zero attached hydrogens (tertiary/aromatic N) is 4. The normalized spacial score (nSPS) is 16.8. The number of aromatic nitrogens is 3. The third-order valence-electron chi connectivity index (χ3n) is 5.01. The largest absolute Gasteiger partial charge is 0.353 e. The van der Waals surface area contributed by atoms with Gasteiger partial charge in [0.15, 0.2) is 0 Å². The number of hydrogen-bond donors (Lipinski definition) is 1. The first-order valence-electron chi connectivity index (χ1n) is 9.04. The van der Waals surface area contributed by atoms with Crippen LogP contribution in [-0.2, 0) is 4.79 Å². The summed E-state index contributed by atoms with van der Waals surface area (Å²) in [4.78, 5) is 14.7. The number of hydrogen-bond acceptors (Lipinski definition) is 4. The molecule has 1 amide bonds. The molecule has 6 nitrogen and oxygen atoms in total. The highest BCUT2D eigenvalue weighted by Crippen LogP contribution is 2.33. The second-order valence-corrected chi connectivity index (χ2v) is 7.97. The number of amides is 1. The summed E-state index contributed by atoms with van der Waals surface area (Å²) in [6, 6.07) is 7.82. The Morgan fingerprint density at radius 2 is 1.81 bits per heavy atom. The molecule has 0 saturated carbocycles. The summed E-state index contributed by atoms with van der Waals surface area (Å²) < 4.78 is 2.03. The zero-order valence-corrected chi connectivity index (χ0v) is 16.5. The van der Waals surface area contributed by atoms with E-state index in [1.807, 2.05) is 49.6 Å². The van der Waals surface area contributed by atoms with Crippen molar-refractivity contribution in [2.24, 2.45) is 5.41 Å². The van der Waals surface area contributed by atoms with Crippen molar-refractivity contribution in [2.75, 3.05) is 18.0 Å². The van der Waals surface area contributed by atoms with Crippen molar-refractivity contribution in [1.29, 1.82) is 0 Å². The van der Waals surface area contributed by atoms with Crippen molar-refractivity contribution in [3.63, 3.8) is 0 Å². The first-order chi connectivity index (χ1) is 12.3. The summed E-state index contributed by atoms with van der Waals surface area (Å²) in [5, 5.41) is 12.4. The fraction of sp³-hybridized carbons (Fsp3) is 0.526. The zero-order chi connectivity index (χ0) is 18.9. The Balaban J connectivity index is 1.78. The van der Waals surface area contributed by atoms with Crippen molar-refractivity contribution in [3.05, 3.63) is 35.1 Å². The standard InChI is InChI=1S/C19H26ClN5O/c1-13(2)21-17(26)19(4)9-11-24(12-10-19)18-23-22-14(3)25(18)16-7-5-15(20)6-8-16/h5-8,13H,9-12H2,1-4H3,(H,21,26). The fourth-order valence-corrected chi connectivity index (χ4v) is 3.44. The van der Waals surface area contributed by atoms with Crippen molar-refractivity contribution >= 4 is 23.5 Å². The molecule has 1 aliphatic rings. The van der Waals surface area contributed by atoms with E-state index in [0.29, 0.717) is 5.02 Å². The van der Waals surface area contributed by atoms with Crippen LogP contribution in [0.2, 0.25) is 5.02 Å². The number of carbonyl (C=O) groups is 1. The van der Waals surface area contributed by atoms with E-state index in [1.54, 1.807) is 0 Å². The molecule has 0 aliphatic carbocycles. The van der Waals surface area contributed by atoms with Crippen LogP contribution in [0.25, 0.3) is 5.69 Å². The molecule has 0 spiro atoms. The summed E-state index contributed by atoms with van der Waals surface area (Å²) >= 11 is 6.01. The minimum atomic E-state index is -0.332. The maximum absolute atomic E-state index is 12.5. The molecule has 0 atom stereocenters. The minimum Gasteiger partial charge on any atom is -0.353 e. The molecular formula is C19H26ClN5O. The van der Waals surface area contributed by atoms with Gasteiger partial charge in [-0.05, 0) is 57.9 Å². The van der Waals surface area contributed by atoms with Crippen LogP contribution in [0.4, 0.5) is 5.95 Å². The molecule has 1 fully saturated rings. The second-order valence-electron chi connectivity index (χ2n) is 7.53. The van der Waals surface area contributed by atoms with E-state index in [2.05, 4.69) is 27.3 Å². The lowest BCUT2D eigenvalue weighted by molar-refractivity contribution is -0.131. The minimum absolute atomic E-state index is 0.141. The van der Waals surface area contributed by atoms with Gasteiger partial charge in [-0.1, -0.05) is 18.5 Å². The van der Waals surface area contributed by atoms with Gasteiger partial charge in [0.1, 0.15) is 5.82 Å². The van der Waals surface area contributed by atoms with E-state index in [1.165, 1.54) is 0 Å². The number of anilines is 1. The Labute approximate surface area is 159 Å².